The summed E-state index contributed by atoms with van der Waals surface area (Å²) in [4.78, 5) is 33.0. The van der Waals surface area contributed by atoms with Crippen molar-refractivity contribution in [3.63, 3.8) is 0 Å². The topological polar surface area (TPSA) is 53.5 Å². The second kappa shape index (κ2) is 6.16. The second-order valence-corrected chi connectivity index (χ2v) is 8.03. The van der Waals surface area contributed by atoms with Gasteiger partial charge in [0.1, 0.15) is 5.01 Å². The van der Waals surface area contributed by atoms with Crippen molar-refractivity contribution in [2.24, 2.45) is 11.8 Å². The van der Waals surface area contributed by atoms with Crippen molar-refractivity contribution in [2.75, 3.05) is 20.1 Å². The van der Waals surface area contributed by atoms with Gasteiger partial charge in [0.2, 0.25) is 11.8 Å². The summed E-state index contributed by atoms with van der Waals surface area (Å²) in [6, 6.07) is 8.00. The van der Waals surface area contributed by atoms with Crippen LogP contribution in [0.2, 0.25) is 0 Å². The van der Waals surface area contributed by atoms with Gasteiger partial charge in [-0.25, -0.2) is 4.98 Å². The van der Waals surface area contributed by atoms with Crippen LogP contribution in [0.1, 0.15) is 24.3 Å². The average molecular weight is 343 g/mol. The molecule has 0 spiro atoms. The van der Waals surface area contributed by atoms with Gasteiger partial charge in [0.15, 0.2) is 0 Å². The number of likely N-dealkylation sites (tertiary alicyclic amines) is 1. The van der Waals surface area contributed by atoms with Crippen molar-refractivity contribution in [1.82, 2.24) is 14.8 Å². The molecule has 1 aliphatic heterocycles. The third-order valence-electron chi connectivity index (χ3n) is 4.83. The van der Waals surface area contributed by atoms with Gasteiger partial charge in [0.05, 0.1) is 22.7 Å². The molecule has 0 N–H and O–H groups in total. The molecule has 126 valence electrons. The quantitative estimate of drug-likeness (QED) is 0.838. The van der Waals surface area contributed by atoms with Crippen molar-refractivity contribution >= 4 is 33.4 Å². The minimum Gasteiger partial charge on any atom is -0.342 e. The third-order valence-corrected chi connectivity index (χ3v) is 5.85. The molecule has 2 heterocycles. The van der Waals surface area contributed by atoms with Gasteiger partial charge in [-0.3, -0.25) is 9.59 Å². The monoisotopic (exact) mass is 343 g/mol. The second-order valence-electron chi connectivity index (χ2n) is 6.91. The van der Waals surface area contributed by atoms with Gasteiger partial charge in [-0.1, -0.05) is 12.1 Å². The average Bonchev–Trinajstić information content (AvgIpc) is 3.17. The molecule has 24 heavy (non-hydrogen) atoms. The number of thiazole rings is 1. The van der Waals surface area contributed by atoms with Crippen LogP contribution >= 0.6 is 11.3 Å². The Hall–Kier alpha value is -1.95. The summed E-state index contributed by atoms with van der Waals surface area (Å²) in [7, 11) is 1.81. The molecular weight excluding hydrogens is 322 g/mol. The first-order chi connectivity index (χ1) is 11.6. The lowest BCUT2D eigenvalue weighted by Gasteiger charge is -2.20. The van der Waals surface area contributed by atoms with E-state index in [1.54, 1.807) is 16.2 Å². The Morgan fingerprint density at radius 3 is 2.92 bits per heavy atom. The van der Waals surface area contributed by atoms with Crippen molar-refractivity contribution in [1.29, 1.82) is 0 Å². The standard InChI is InChI=1S/C18H21N3O2S/c1-20(11-16-19-14-4-2-3-5-15(14)24-16)18(23)13-8-17(22)21(10-13)9-12-6-7-12/h2-5,12-13H,6-11H2,1H3. The summed E-state index contributed by atoms with van der Waals surface area (Å²) in [5.74, 6) is 0.661. The first kappa shape index (κ1) is 15.6. The Labute approximate surface area is 145 Å². The smallest absolute Gasteiger partial charge is 0.228 e. The molecule has 1 aliphatic carbocycles. The van der Waals surface area contributed by atoms with Crippen LogP contribution in [-0.4, -0.2) is 46.7 Å². The van der Waals surface area contributed by atoms with Crippen molar-refractivity contribution < 1.29 is 9.59 Å². The van der Waals surface area contributed by atoms with E-state index < -0.39 is 0 Å². The molecule has 2 fully saturated rings. The van der Waals surface area contributed by atoms with E-state index in [-0.39, 0.29) is 17.7 Å². The van der Waals surface area contributed by atoms with Gasteiger partial charge < -0.3 is 9.80 Å². The summed E-state index contributed by atoms with van der Waals surface area (Å²) in [6.45, 7) is 1.92. The molecule has 1 aromatic heterocycles. The maximum atomic E-state index is 12.7. The van der Waals surface area contributed by atoms with Gasteiger partial charge in [-0.05, 0) is 30.9 Å². The number of benzene rings is 1. The maximum Gasteiger partial charge on any atom is 0.228 e. The van der Waals surface area contributed by atoms with Gasteiger partial charge in [0, 0.05) is 26.6 Å². The normalized spacial score (nSPS) is 20.8. The molecular formula is C18H21N3O2S. The zero-order valence-corrected chi connectivity index (χ0v) is 14.6. The predicted octanol–water partition coefficient (Wildman–Crippen LogP) is 2.51. The van der Waals surface area contributed by atoms with Crippen LogP contribution in [0.4, 0.5) is 0 Å². The predicted molar refractivity (Wildman–Crippen MR) is 93.5 cm³/mol. The summed E-state index contributed by atoms with van der Waals surface area (Å²) in [5, 5.41) is 0.936. The summed E-state index contributed by atoms with van der Waals surface area (Å²) < 4.78 is 1.14. The SMILES string of the molecule is CN(Cc1nc2ccccc2s1)C(=O)C1CC(=O)N(CC2CC2)C1. The lowest BCUT2D eigenvalue weighted by Crippen LogP contribution is -2.34. The van der Waals surface area contributed by atoms with Gasteiger partial charge in [-0.15, -0.1) is 11.3 Å². The van der Waals surface area contributed by atoms with Crippen LogP contribution in [-0.2, 0) is 16.1 Å². The number of rotatable bonds is 5. The molecule has 1 aromatic carbocycles. The first-order valence-corrected chi connectivity index (χ1v) is 9.29. The van der Waals surface area contributed by atoms with Crippen molar-refractivity contribution in [2.45, 2.75) is 25.8 Å². The molecule has 6 heteroatoms. The number of carbonyl (C=O) groups excluding carboxylic acids is 2. The number of amides is 2. The number of hydrogen-bond acceptors (Lipinski definition) is 4. The molecule has 1 saturated carbocycles. The van der Waals surface area contributed by atoms with E-state index >= 15 is 0 Å². The van der Waals surface area contributed by atoms with Crippen molar-refractivity contribution in [3.05, 3.63) is 29.3 Å². The molecule has 1 saturated heterocycles. The van der Waals surface area contributed by atoms with Crippen LogP contribution in [0.3, 0.4) is 0 Å². The van der Waals surface area contributed by atoms with Gasteiger partial charge in [0.25, 0.3) is 0 Å². The lowest BCUT2D eigenvalue weighted by atomic mass is 10.1. The van der Waals surface area contributed by atoms with E-state index in [0.29, 0.717) is 25.4 Å². The minimum absolute atomic E-state index is 0.0564. The number of para-hydroxylation sites is 1. The molecule has 2 aliphatic rings. The summed E-state index contributed by atoms with van der Waals surface area (Å²) in [5.41, 5.74) is 0.977. The highest BCUT2D eigenvalue weighted by molar-refractivity contribution is 7.18. The fourth-order valence-corrected chi connectivity index (χ4v) is 4.33. The van der Waals surface area contributed by atoms with E-state index in [1.165, 1.54) is 12.8 Å². The number of aromatic nitrogens is 1. The zero-order valence-electron chi connectivity index (χ0n) is 13.8. The lowest BCUT2D eigenvalue weighted by molar-refractivity contribution is -0.135. The Balaban J connectivity index is 1.39. The van der Waals surface area contributed by atoms with Crippen LogP contribution in [0.25, 0.3) is 10.2 Å². The third kappa shape index (κ3) is 3.15. The molecule has 4 rings (SSSR count). The highest BCUT2D eigenvalue weighted by atomic mass is 32.1. The molecule has 0 bridgehead atoms. The Bertz CT molecular complexity index is 750. The van der Waals surface area contributed by atoms with Crippen LogP contribution in [0.5, 0.6) is 0 Å². The molecule has 2 aromatic rings. The number of fused-ring (bicyclic) bond motifs is 1. The van der Waals surface area contributed by atoms with E-state index in [2.05, 4.69) is 4.98 Å². The van der Waals surface area contributed by atoms with Crippen LogP contribution in [0, 0.1) is 11.8 Å². The van der Waals surface area contributed by atoms with Gasteiger partial charge in [-0.2, -0.15) is 0 Å². The zero-order chi connectivity index (χ0) is 16.7. The molecule has 1 atom stereocenters. The minimum atomic E-state index is -0.198. The molecule has 2 amide bonds. The Morgan fingerprint density at radius 2 is 2.17 bits per heavy atom. The summed E-state index contributed by atoms with van der Waals surface area (Å²) in [6.07, 6.45) is 2.80. The Morgan fingerprint density at radius 1 is 1.38 bits per heavy atom. The summed E-state index contributed by atoms with van der Waals surface area (Å²) >= 11 is 1.62. The Kier molecular flexibility index (Phi) is 4.00. The fourth-order valence-electron chi connectivity index (χ4n) is 3.31. The van der Waals surface area contributed by atoms with E-state index in [9.17, 15) is 9.59 Å². The van der Waals surface area contributed by atoms with E-state index in [4.69, 9.17) is 0 Å². The highest BCUT2D eigenvalue weighted by Crippen LogP contribution is 2.32. The van der Waals surface area contributed by atoms with Crippen LogP contribution < -0.4 is 0 Å². The highest BCUT2D eigenvalue weighted by Gasteiger charge is 2.38. The molecule has 0 radical (unpaired) electrons. The maximum absolute atomic E-state index is 12.7. The van der Waals surface area contributed by atoms with Crippen molar-refractivity contribution in [3.8, 4) is 0 Å². The van der Waals surface area contributed by atoms with Gasteiger partial charge >= 0.3 is 0 Å². The number of hydrogen-bond donors (Lipinski definition) is 0. The van der Waals surface area contributed by atoms with E-state index in [1.807, 2.05) is 36.2 Å². The first-order valence-electron chi connectivity index (χ1n) is 8.47. The van der Waals surface area contributed by atoms with E-state index in [0.717, 1.165) is 21.8 Å². The molecule has 5 nitrogen and oxygen atoms in total. The number of carbonyl (C=O) groups is 2. The largest absolute Gasteiger partial charge is 0.342 e. The molecule has 1 unspecified atom stereocenters. The van der Waals surface area contributed by atoms with Crippen LogP contribution in [0.15, 0.2) is 24.3 Å². The fraction of sp³-hybridized carbons (Fsp3) is 0.500. The number of nitrogens with zero attached hydrogens (tertiary/aromatic N) is 3.